The van der Waals surface area contributed by atoms with Crippen LogP contribution in [0.3, 0.4) is 0 Å². The number of ether oxygens (including phenoxy) is 1. The second kappa shape index (κ2) is 4.37. The summed E-state index contributed by atoms with van der Waals surface area (Å²) in [6.07, 6.45) is 1.62. The molecule has 2 rings (SSSR count). The third-order valence-corrected chi connectivity index (χ3v) is 2.25. The molecule has 1 heterocycles. The molecule has 1 aromatic carbocycles. The third-order valence-electron chi connectivity index (χ3n) is 1.95. The Bertz CT molecular complexity index is 496. The molecule has 16 heavy (non-hydrogen) atoms. The lowest BCUT2D eigenvalue weighted by Crippen LogP contribution is -1.96. The van der Waals surface area contributed by atoms with Crippen molar-refractivity contribution in [2.45, 2.75) is 6.92 Å². The summed E-state index contributed by atoms with van der Waals surface area (Å²) in [5.41, 5.74) is 6.23. The molecule has 0 aliphatic carbocycles. The van der Waals surface area contributed by atoms with Gasteiger partial charge in [0.25, 0.3) is 0 Å². The Kier molecular flexibility index (Phi) is 2.92. The second-order valence-electron chi connectivity index (χ2n) is 3.20. The standard InChI is InChI=1S/C11H10ClN3O/c1-7-14-6-5-10(15-7)16-11-8(12)3-2-4-9(11)13/h2-6H,13H2,1H3. The average Bonchev–Trinajstić information content (AvgIpc) is 2.24. The summed E-state index contributed by atoms with van der Waals surface area (Å²) in [5.74, 6) is 1.47. The molecule has 0 atom stereocenters. The highest BCUT2D eigenvalue weighted by Gasteiger charge is 2.07. The zero-order chi connectivity index (χ0) is 11.5. The van der Waals surface area contributed by atoms with E-state index in [1.165, 1.54) is 0 Å². The van der Waals surface area contributed by atoms with Crippen LogP contribution in [-0.2, 0) is 0 Å². The van der Waals surface area contributed by atoms with Gasteiger partial charge in [-0.2, -0.15) is 4.98 Å². The number of rotatable bonds is 2. The van der Waals surface area contributed by atoms with Gasteiger partial charge >= 0.3 is 0 Å². The number of hydrogen-bond acceptors (Lipinski definition) is 4. The van der Waals surface area contributed by atoms with E-state index in [9.17, 15) is 0 Å². The van der Waals surface area contributed by atoms with Gasteiger partial charge in [0, 0.05) is 12.3 Å². The Morgan fingerprint density at radius 2 is 2.12 bits per heavy atom. The largest absolute Gasteiger partial charge is 0.435 e. The smallest absolute Gasteiger partial charge is 0.222 e. The minimum absolute atomic E-state index is 0.419. The first-order valence-corrected chi connectivity index (χ1v) is 5.06. The molecule has 4 nitrogen and oxygen atoms in total. The normalized spacial score (nSPS) is 10.1. The molecule has 5 heteroatoms. The zero-order valence-electron chi connectivity index (χ0n) is 8.64. The molecule has 0 spiro atoms. The summed E-state index contributed by atoms with van der Waals surface area (Å²) in [5, 5.41) is 0.455. The topological polar surface area (TPSA) is 61.0 Å². The minimum Gasteiger partial charge on any atom is -0.435 e. The van der Waals surface area contributed by atoms with Crippen LogP contribution in [0.5, 0.6) is 11.6 Å². The maximum atomic E-state index is 5.97. The summed E-state index contributed by atoms with van der Waals surface area (Å²) >= 11 is 5.97. The maximum Gasteiger partial charge on any atom is 0.222 e. The first kappa shape index (κ1) is 10.7. The van der Waals surface area contributed by atoms with Crippen LogP contribution in [0.25, 0.3) is 0 Å². The van der Waals surface area contributed by atoms with Gasteiger partial charge in [-0.25, -0.2) is 4.98 Å². The van der Waals surface area contributed by atoms with Gasteiger partial charge in [-0.3, -0.25) is 0 Å². The quantitative estimate of drug-likeness (QED) is 0.813. The number of nitrogens with zero attached hydrogens (tertiary/aromatic N) is 2. The Morgan fingerprint density at radius 1 is 1.31 bits per heavy atom. The third kappa shape index (κ3) is 2.23. The molecule has 0 aliphatic rings. The minimum atomic E-state index is 0.419. The summed E-state index contributed by atoms with van der Waals surface area (Å²) in [4.78, 5) is 8.07. The first-order valence-electron chi connectivity index (χ1n) is 4.68. The van der Waals surface area contributed by atoms with Crippen molar-refractivity contribution < 1.29 is 4.74 Å². The molecule has 0 saturated heterocycles. The summed E-state index contributed by atoms with van der Waals surface area (Å²) < 4.78 is 5.51. The van der Waals surface area contributed by atoms with Crippen LogP contribution >= 0.6 is 11.6 Å². The maximum absolute atomic E-state index is 5.97. The molecule has 0 saturated carbocycles. The summed E-state index contributed by atoms with van der Waals surface area (Å²) in [6.45, 7) is 1.78. The van der Waals surface area contributed by atoms with Crippen molar-refractivity contribution in [2.24, 2.45) is 0 Å². The Labute approximate surface area is 98.0 Å². The van der Waals surface area contributed by atoms with Crippen LogP contribution in [0.1, 0.15) is 5.82 Å². The Morgan fingerprint density at radius 3 is 2.81 bits per heavy atom. The van der Waals surface area contributed by atoms with Crippen molar-refractivity contribution in [1.29, 1.82) is 0 Å². The van der Waals surface area contributed by atoms with Gasteiger partial charge in [0.1, 0.15) is 5.82 Å². The lowest BCUT2D eigenvalue weighted by atomic mass is 10.3. The molecule has 0 bridgehead atoms. The van der Waals surface area contributed by atoms with Crippen molar-refractivity contribution >= 4 is 17.3 Å². The first-order chi connectivity index (χ1) is 7.66. The van der Waals surface area contributed by atoms with E-state index >= 15 is 0 Å². The number of anilines is 1. The molecule has 2 aromatic rings. The molecule has 0 unspecified atom stereocenters. The molecule has 82 valence electrons. The predicted octanol–water partition coefficient (Wildman–Crippen LogP) is 2.81. The van der Waals surface area contributed by atoms with Gasteiger partial charge in [0.2, 0.25) is 5.88 Å². The van der Waals surface area contributed by atoms with Gasteiger partial charge < -0.3 is 10.5 Å². The van der Waals surface area contributed by atoms with Crippen molar-refractivity contribution in [3.8, 4) is 11.6 Å². The predicted molar refractivity (Wildman–Crippen MR) is 62.7 cm³/mol. The number of nitrogens with two attached hydrogens (primary N) is 1. The monoisotopic (exact) mass is 235 g/mol. The van der Waals surface area contributed by atoms with E-state index in [-0.39, 0.29) is 0 Å². The Hall–Kier alpha value is -1.81. The summed E-state index contributed by atoms with van der Waals surface area (Å²) in [7, 11) is 0. The number of aryl methyl sites for hydroxylation is 1. The van der Waals surface area contributed by atoms with Crippen LogP contribution in [0.2, 0.25) is 5.02 Å². The fraction of sp³-hybridized carbons (Fsp3) is 0.0909. The van der Waals surface area contributed by atoms with E-state index in [0.29, 0.717) is 28.2 Å². The Balaban J connectivity index is 2.34. The van der Waals surface area contributed by atoms with E-state index < -0.39 is 0 Å². The molecule has 0 radical (unpaired) electrons. The zero-order valence-corrected chi connectivity index (χ0v) is 9.40. The summed E-state index contributed by atoms with van der Waals surface area (Å²) in [6, 6.07) is 6.84. The van der Waals surface area contributed by atoms with Gasteiger partial charge in [-0.05, 0) is 19.1 Å². The molecule has 0 aliphatic heterocycles. The van der Waals surface area contributed by atoms with Crippen molar-refractivity contribution in [3.05, 3.63) is 41.3 Å². The molecular weight excluding hydrogens is 226 g/mol. The SMILES string of the molecule is Cc1nccc(Oc2c(N)cccc2Cl)n1. The average molecular weight is 236 g/mol. The van der Waals surface area contributed by atoms with Gasteiger partial charge in [-0.15, -0.1) is 0 Å². The van der Waals surface area contributed by atoms with Crippen LogP contribution in [0, 0.1) is 6.92 Å². The van der Waals surface area contributed by atoms with Crippen LogP contribution in [-0.4, -0.2) is 9.97 Å². The molecule has 2 N–H and O–H groups in total. The number of hydrogen-bond donors (Lipinski definition) is 1. The fourth-order valence-corrected chi connectivity index (χ4v) is 1.45. The number of benzene rings is 1. The number of nitrogen functional groups attached to an aromatic ring is 1. The van der Waals surface area contributed by atoms with Gasteiger partial charge in [-0.1, -0.05) is 17.7 Å². The van der Waals surface area contributed by atoms with E-state index in [1.807, 2.05) is 0 Å². The van der Waals surface area contributed by atoms with Crippen LogP contribution < -0.4 is 10.5 Å². The van der Waals surface area contributed by atoms with E-state index in [4.69, 9.17) is 22.1 Å². The number of aromatic nitrogens is 2. The van der Waals surface area contributed by atoms with E-state index in [0.717, 1.165) is 0 Å². The van der Waals surface area contributed by atoms with Crippen LogP contribution in [0.15, 0.2) is 30.5 Å². The molecular formula is C11H10ClN3O. The highest BCUT2D eigenvalue weighted by atomic mass is 35.5. The molecule has 1 aromatic heterocycles. The number of halogens is 1. The highest BCUT2D eigenvalue weighted by Crippen LogP contribution is 2.33. The number of para-hydroxylation sites is 1. The fourth-order valence-electron chi connectivity index (χ4n) is 1.23. The lowest BCUT2D eigenvalue weighted by molar-refractivity contribution is 0.462. The lowest BCUT2D eigenvalue weighted by Gasteiger charge is -2.08. The highest BCUT2D eigenvalue weighted by molar-refractivity contribution is 6.32. The van der Waals surface area contributed by atoms with E-state index in [2.05, 4.69) is 9.97 Å². The second-order valence-corrected chi connectivity index (χ2v) is 3.61. The van der Waals surface area contributed by atoms with Gasteiger partial charge in [0.15, 0.2) is 5.75 Å². The van der Waals surface area contributed by atoms with Gasteiger partial charge in [0.05, 0.1) is 10.7 Å². The van der Waals surface area contributed by atoms with Crippen molar-refractivity contribution in [3.63, 3.8) is 0 Å². The molecule has 0 amide bonds. The van der Waals surface area contributed by atoms with Crippen molar-refractivity contribution in [1.82, 2.24) is 9.97 Å². The van der Waals surface area contributed by atoms with Crippen molar-refractivity contribution in [2.75, 3.05) is 5.73 Å². The molecule has 0 fully saturated rings. The van der Waals surface area contributed by atoms with E-state index in [1.54, 1.807) is 37.4 Å². The van der Waals surface area contributed by atoms with Crippen LogP contribution in [0.4, 0.5) is 5.69 Å².